The second kappa shape index (κ2) is 19.6. The number of hydrogen-bond donors (Lipinski definition) is 9. The summed E-state index contributed by atoms with van der Waals surface area (Å²) in [5, 5.41) is 93.3. The van der Waals surface area contributed by atoms with Gasteiger partial charge >= 0.3 is 0 Å². The molecule has 6 aromatic carbocycles. The van der Waals surface area contributed by atoms with Gasteiger partial charge in [-0.1, -0.05) is 79.7 Å². The molecule has 0 saturated carbocycles. The first-order chi connectivity index (χ1) is 31.3. The van der Waals surface area contributed by atoms with Gasteiger partial charge in [0.05, 0.1) is 6.10 Å². The van der Waals surface area contributed by atoms with Crippen LogP contribution in [0.3, 0.4) is 0 Å². The molecule has 6 aromatic rings. The molecule has 0 aliphatic heterocycles. The molecule has 0 saturated heterocycles. The zero-order valence-corrected chi connectivity index (χ0v) is 40.6. The molecule has 352 valence electrons. The van der Waals surface area contributed by atoms with Gasteiger partial charge in [0.2, 0.25) is 5.75 Å². The molecule has 9 nitrogen and oxygen atoms in total. The number of rotatable bonds is 10. The van der Waals surface area contributed by atoms with Crippen LogP contribution in [0.4, 0.5) is 0 Å². The van der Waals surface area contributed by atoms with Crippen LogP contribution in [-0.4, -0.2) is 52.1 Å². The summed E-state index contributed by atoms with van der Waals surface area (Å²) >= 11 is 0. The van der Waals surface area contributed by atoms with E-state index in [1.807, 2.05) is 102 Å². The molecule has 1 aliphatic rings. The first-order valence-corrected chi connectivity index (χ1v) is 22.7. The van der Waals surface area contributed by atoms with Gasteiger partial charge < -0.3 is 46.0 Å². The van der Waals surface area contributed by atoms with Crippen molar-refractivity contribution < 1.29 is 46.0 Å². The predicted octanol–water partition coefficient (Wildman–Crippen LogP) is 11.5. The molecule has 0 bridgehead atoms. The molecule has 67 heavy (non-hydrogen) atoms. The molecule has 0 unspecified atom stereocenters. The maximum Gasteiger partial charge on any atom is 0.200 e. The van der Waals surface area contributed by atoms with Crippen molar-refractivity contribution in [3.05, 3.63) is 185 Å². The van der Waals surface area contributed by atoms with Crippen LogP contribution in [0.5, 0.6) is 46.0 Å². The van der Waals surface area contributed by atoms with Crippen molar-refractivity contribution in [1.29, 1.82) is 0 Å². The van der Waals surface area contributed by atoms with Gasteiger partial charge in [-0.15, -0.1) is 0 Å². The number of phenolic OH excluding ortho intramolecular Hbond substituents is 8. The zero-order valence-electron chi connectivity index (χ0n) is 40.6. The molecule has 0 heterocycles. The molecule has 0 fully saturated rings. The third kappa shape index (κ3) is 11.1. The minimum atomic E-state index is -0.727. The minimum absolute atomic E-state index is 0.241. The maximum atomic E-state index is 11.6. The summed E-state index contributed by atoms with van der Waals surface area (Å²) in [6.07, 6.45) is 6.23. The van der Waals surface area contributed by atoms with Gasteiger partial charge in [0.15, 0.2) is 11.5 Å². The Kier molecular flexibility index (Phi) is 14.5. The van der Waals surface area contributed by atoms with E-state index in [4.69, 9.17) is 0 Å². The van der Waals surface area contributed by atoms with Crippen LogP contribution in [0.15, 0.2) is 90.0 Å². The van der Waals surface area contributed by atoms with E-state index in [1.165, 1.54) is 0 Å². The van der Waals surface area contributed by atoms with Crippen molar-refractivity contribution in [2.24, 2.45) is 5.41 Å². The molecular weight excluding hydrogens is 841 g/mol. The number of aromatic hydroxyl groups is 8. The smallest absolute Gasteiger partial charge is 0.200 e. The highest BCUT2D eigenvalue weighted by atomic mass is 16.3. The molecule has 9 heteroatoms. The lowest BCUT2D eigenvalue weighted by Gasteiger charge is -2.34. The van der Waals surface area contributed by atoms with Gasteiger partial charge in [-0.2, -0.15) is 0 Å². The Morgan fingerprint density at radius 2 is 0.567 bits per heavy atom. The Bertz CT molecular complexity index is 2680. The van der Waals surface area contributed by atoms with Crippen LogP contribution in [0.2, 0.25) is 0 Å². The number of aliphatic hydroxyl groups is 1. The van der Waals surface area contributed by atoms with E-state index >= 15 is 0 Å². The molecule has 0 radical (unpaired) electrons. The number of aryl methyl sites for hydroxylation is 10. The fourth-order valence-electron chi connectivity index (χ4n) is 9.80. The van der Waals surface area contributed by atoms with Gasteiger partial charge in [-0.05, 0) is 189 Å². The Labute approximate surface area is 395 Å². The third-order valence-corrected chi connectivity index (χ3v) is 13.1. The molecule has 0 spiro atoms. The van der Waals surface area contributed by atoms with E-state index < -0.39 is 11.9 Å². The Balaban J connectivity index is 0.000000229. The lowest BCUT2D eigenvalue weighted by Crippen LogP contribution is -2.28. The van der Waals surface area contributed by atoms with Crippen LogP contribution in [0.1, 0.15) is 102 Å². The van der Waals surface area contributed by atoms with Gasteiger partial charge in [-0.25, -0.2) is 0 Å². The highest BCUT2D eigenvalue weighted by Gasteiger charge is 2.31. The third-order valence-electron chi connectivity index (χ3n) is 13.1. The van der Waals surface area contributed by atoms with Crippen LogP contribution >= 0.6 is 0 Å². The summed E-state index contributed by atoms with van der Waals surface area (Å²) in [5.41, 5.74) is 15.5. The first kappa shape index (κ1) is 49.6. The Morgan fingerprint density at radius 1 is 0.328 bits per heavy atom. The number of allylic oxidation sites excluding steroid dienone is 2. The van der Waals surface area contributed by atoms with E-state index in [2.05, 4.69) is 19.1 Å². The molecule has 0 atom stereocenters. The number of benzene rings is 6. The van der Waals surface area contributed by atoms with E-state index in [0.29, 0.717) is 54.1 Å². The summed E-state index contributed by atoms with van der Waals surface area (Å²) in [6.45, 7) is 20.9. The summed E-state index contributed by atoms with van der Waals surface area (Å²) in [4.78, 5) is 0. The van der Waals surface area contributed by atoms with Crippen LogP contribution in [0, 0.1) is 74.7 Å². The summed E-state index contributed by atoms with van der Waals surface area (Å²) in [5.74, 6) is 0.191. The summed E-state index contributed by atoms with van der Waals surface area (Å²) < 4.78 is 0. The minimum Gasteiger partial charge on any atom is -0.507 e. The van der Waals surface area contributed by atoms with Crippen molar-refractivity contribution in [1.82, 2.24) is 0 Å². The number of phenols is 8. The maximum absolute atomic E-state index is 11.6. The average Bonchev–Trinajstić information content (AvgIpc) is 3.24. The van der Waals surface area contributed by atoms with Gasteiger partial charge in [-0.3, -0.25) is 0 Å². The molecule has 9 N–H and O–H groups in total. The van der Waals surface area contributed by atoms with E-state index in [-0.39, 0.29) is 28.4 Å². The quantitative estimate of drug-likeness (QED) is 0.0477. The average molecular weight is 907 g/mol. The lowest BCUT2D eigenvalue weighted by atomic mass is 9.72. The highest BCUT2D eigenvalue weighted by molar-refractivity contribution is 5.60. The topological polar surface area (TPSA) is 182 Å². The molecular formula is C58H66O9. The van der Waals surface area contributed by atoms with Crippen molar-refractivity contribution in [3.8, 4) is 46.0 Å². The van der Waals surface area contributed by atoms with Crippen molar-refractivity contribution in [2.45, 2.75) is 114 Å². The molecule has 1 aliphatic carbocycles. The largest absolute Gasteiger partial charge is 0.507 e. The van der Waals surface area contributed by atoms with Crippen LogP contribution in [0.25, 0.3) is 0 Å². The van der Waals surface area contributed by atoms with Crippen molar-refractivity contribution >= 4 is 0 Å². The number of hydrogen-bond acceptors (Lipinski definition) is 9. The Morgan fingerprint density at radius 3 is 0.836 bits per heavy atom. The zero-order chi connectivity index (χ0) is 49.4. The lowest BCUT2D eigenvalue weighted by molar-refractivity contribution is 0.231. The molecule has 7 rings (SSSR count). The SMILES string of the molecule is Cc1cc(CC2=CC(C)(Cc3cc(C)c(O)c(C)c3)C=C(Cc3cc(C)c(O)c(C)c3)C2O)cc(C)c1O.Cc1cc(Cc2cc(Cc3cc(C)c(O)c(C)c3)c(O)c(O)c2O)cc(C)c1O. The highest BCUT2D eigenvalue weighted by Crippen LogP contribution is 2.43. The normalized spacial score (nSPS) is 15.7. The molecule has 0 amide bonds. The van der Waals surface area contributed by atoms with Crippen LogP contribution < -0.4 is 0 Å². The number of aliphatic hydroxyl groups excluding tert-OH is 1. The predicted molar refractivity (Wildman–Crippen MR) is 266 cm³/mol. The first-order valence-electron chi connectivity index (χ1n) is 22.7. The van der Waals surface area contributed by atoms with Gasteiger partial charge in [0.25, 0.3) is 0 Å². The summed E-state index contributed by atoms with van der Waals surface area (Å²) in [6, 6.07) is 21.0. The summed E-state index contributed by atoms with van der Waals surface area (Å²) in [7, 11) is 0. The fourth-order valence-corrected chi connectivity index (χ4v) is 9.80. The van der Waals surface area contributed by atoms with Crippen molar-refractivity contribution in [2.75, 3.05) is 0 Å². The molecule has 0 aromatic heterocycles. The van der Waals surface area contributed by atoms with Crippen molar-refractivity contribution in [3.63, 3.8) is 0 Å². The van der Waals surface area contributed by atoms with E-state index in [9.17, 15) is 46.0 Å². The standard InChI is InChI=1S/C34H40O4.C24H26O5/c1-19-8-25(9-20(2)30(19)35)14-28-17-34(7,16-27-12-23(5)32(37)24(6)13-27)18-29(33(28)38)15-26-10-21(3)31(36)22(4)11-26;1-12-5-16(6-13(2)20(12)25)9-18-11-19(23(28)24(29)22(18)27)10-17-7-14(3)21(26)15(4)8-17/h8-13,17-18,33,35-38H,14-16H2,1-7H3;5-8,11,25-29H,9-10H2,1-4H3. The van der Waals surface area contributed by atoms with E-state index in [0.717, 1.165) is 101 Å². The Hall–Kier alpha value is -6.84. The second-order valence-electron chi connectivity index (χ2n) is 19.4. The fraction of sp³-hybridized carbons (Fsp3) is 0.310. The van der Waals surface area contributed by atoms with Gasteiger partial charge in [0, 0.05) is 29.4 Å². The van der Waals surface area contributed by atoms with Crippen LogP contribution in [-0.2, 0) is 32.1 Å². The van der Waals surface area contributed by atoms with Gasteiger partial charge in [0.1, 0.15) is 28.7 Å². The van der Waals surface area contributed by atoms with E-state index in [1.54, 1.807) is 33.8 Å². The second-order valence-corrected chi connectivity index (χ2v) is 19.4. The monoisotopic (exact) mass is 906 g/mol.